The van der Waals surface area contributed by atoms with Crippen LogP contribution >= 0.6 is 0 Å². The Morgan fingerprint density at radius 1 is 1.53 bits per heavy atom. The number of rotatable bonds is 7. The fraction of sp³-hybridized carbons (Fsp3) is 0.667. The standard InChI is InChI=1S/C9H18N6O3S/c1-3-15(19(2,17)18)6-4-5-11-8(16)7-12-9(10)14-13-7/h3-6H2,1-2H3,(H,11,16)(H3,10,12,13,14). The Morgan fingerprint density at radius 3 is 2.68 bits per heavy atom. The smallest absolute Gasteiger partial charge is 0.288 e. The van der Waals surface area contributed by atoms with Crippen LogP contribution in [0, 0.1) is 0 Å². The average molecular weight is 290 g/mol. The van der Waals surface area contributed by atoms with Gasteiger partial charge in [-0.05, 0) is 6.42 Å². The normalized spacial score (nSPS) is 11.7. The average Bonchev–Trinajstić information content (AvgIpc) is 2.74. The van der Waals surface area contributed by atoms with Gasteiger partial charge < -0.3 is 11.1 Å². The van der Waals surface area contributed by atoms with Crippen LogP contribution in [0.5, 0.6) is 0 Å². The van der Waals surface area contributed by atoms with Gasteiger partial charge in [-0.15, -0.1) is 5.10 Å². The Hall–Kier alpha value is -1.68. The highest BCUT2D eigenvalue weighted by atomic mass is 32.2. The number of hydrogen-bond acceptors (Lipinski definition) is 6. The number of carbonyl (C=O) groups excluding carboxylic acids is 1. The Kier molecular flexibility index (Phi) is 5.24. The van der Waals surface area contributed by atoms with Gasteiger partial charge in [0.05, 0.1) is 6.26 Å². The monoisotopic (exact) mass is 290 g/mol. The molecule has 0 aliphatic heterocycles. The number of nitrogens with two attached hydrogens (primary N) is 1. The van der Waals surface area contributed by atoms with Crippen molar-refractivity contribution in [1.29, 1.82) is 0 Å². The molecule has 1 heterocycles. The largest absolute Gasteiger partial charge is 0.366 e. The van der Waals surface area contributed by atoms with Crippen molar-refractivity contribution in [3.63, 3.8) is 0 Å². The van der Waals surface area contributed by atoms with E-state index in [0.29, 0.717) is 26.1 Å². The van der Waals surface area contributed by atoms with Crippen LogP contribution in [0.4, 0.5) is 5.95 Å². The summed E-state index contributed by atoms with van der Waals surface area (Å²) < 4.78 is 24.0. The van der Waals surface area contributed by atoms with E-state index >= 15 is 0 Å². The Morgan fingerprint density at radius 2 is 2.21 bits per heavy atom. The molecular formula is C9H18N6O3S. The van der Waals surface area contributed by atoms with Crippen molar-refractivity contribution in [2.75, 3.05) is 31.6 Å². The number of aromatic nitrogens is 3. The van der Waals surface area contributed by atoms with Crippen LogP contribution in [0.25, 0.3) is 0 Å². The van der Waals surface area contributed by atoms with E-state index in [1.54, 1.807) is 6.92 Å². The van der Waals surface area contributed by atoms with E-state index in [0.717, 1.165) is 6.26 Å². The number of nitrogens with one attached hydrogen (secondary N) is 2. The zero-order chi connectivity index (χ0) is 14.5. The summed E-state index contributed by atoms with van der Waals surface area (Å²) in [6, 6.07) is 0. The third-order valence-electron chi connectivity index (χ3n) is 2.41. The third-order valence-corrected chi connectivity index (χ3v) is 3.79. The lowest BCUT2D eigenvalue weighted by molar-refractivity contribution is 0.0943. The zero-order valence-corrected chi connectivity index (χ0v) is 11.7. The van der Waals surface area contributed by atoms with E-state index < -0.39 is 15.9 Å². The summed E-state index contributed by atoms with van der Waals surface area (Å²) in [6.07, 6.45) is 1.67. The minimum absolute atomic E-state index is 0.000570. The molecule has 0 aliphatic carbocycles. The van der Waals surface area contributed by atoms with Crippen molar-refractivity contribution in [1.82, 2.24) is 24.8 Å². The van der Waals surface area contributed by atoms with E-state index in [4.69, 9.17) is 5.73 Å². The fourth-order valence-electron chi connectivity index (χ4n) is 1.48. The zero-order valence-electron chi connectivity index (χ0n) is 10.9. The molecule has 0 bridgehead atoms. The molecule has 0 atom stereocenters. The predicted molar refractivity (Wildman–Crippen MR) is 69.8 cm³/mol. The van der Waals surface area contributed by atoms with Crippen LogP contribution in [0.15, 0.2) is 0 Å². The molecule has 108 valence electrons. The van der Waals surface area contributed by atoms with Crippen LogP contribution in [0.3, 0.4) is 0 Å². The first-order chi connectivity index (χ1) is 8.84. The molecule has 0 fully saturated rings. The van der Waals surface area contributed by atoms with Crippen LogP contribution < -0.4 is 11.1 Å². The van der Waals surface area contributed by atoms with Gasteiger partial charge in [-0.25, -0.2) is 12.7 Å². The van der Waals surface area contributed by atoms with E-state index in [1.807, 2.05) is 0 Å². The fourth-order valence-corrected chi connectivity index (χ4v) is 2.41. The number of H-pyrrole nitrogens is 1. The summed E-state index contributed by atoms with van der Waals surface area (Å²) in [5, 5.41) is 8.51. The summed E-state index contributed by atoms with van der Waals surface area (Å²) in [6.45, 7) is 2.86. The maximum atomic E-state index is 11.5. The van der Waals surface area contributed by atoms with Crippen molar-refractivity contribution in [3.05, 3.63) is 5.82 Å². The maximum absolute atomic E-state index is 11.5. The van der Waals surface area contributed by atoms with Crippen LogP contribution in [-0.4, -0.2) is 59.7 Å². The lowest BCUT2D eigenvalue weighted by Gasteiger charge is -2.17. The molecule has 9 nitrogen and oxygen atoms in total. The molecule has 0 saturated heterocycles. The van der Waals surface area contributed by atoms with Gasteiger partial charge in [0.1, 0.15) is 0 Å². The van der Waals surface area contributed by atoms with Gasteiger partial charge in [0.15, 0.2) is 0 Å². The highest BCUT2D eigenvalue weighted by molar-refractivity contribution is 7.88. The van der Waals surface area contributed by atoms with Gasteiger partial charge in [0.25, 0.3) is 5.91 Å². The van der Waals surface area contributed by atoms with Crippen molar-refractivity contribution in [3.8, 4) is 0 Å². The number of carbonyl (C=O) groups is 1. The third kappa shape index (κ3) is 4.83. The van der Waals surface area contributed by atoms with Gasteiger partial charge in [-0.2, -0.15) is 4.98 Å². The topological polar surface area (TPSA) is 134 Å². The molecule has 0 saturated carbocycles. The Labute approximate surface area is 111 Å². The summed E-state index contributed by atoms with van der Waals surface area (Å²) in [5.41, 5.74) is 5.27. The molecule has 0 aliphatic rings. The number of nitrogens with zero attached hydrogens (tertiary/aromatic N) is 3. The van der Waals surface area contributed by atoms with Crippen molar-refractivity contribution in [2.24, 2.45) is 0 Å². The highest BCUT2D eigenvalue weighted by Crippen LogP contribution is 1.98. The molecule has 4 N–H and O–H groups in total. The maximum Gasteiger partial charge on any atom is 0.288 e. The second-order valence-corrected chi connectivity index (χ2v) is 5.89. The second-order valence-electron chi connectivity index (χ2n) is 3.91. The van der Waals surface area contributed by atoms with Gasteiger partial charge >= 0.3 is 0 Å². The molecule has 19 heavy (non-hydrogen) atoms. The predicted octanol–water partition coefficient (Wildman–Crippen LogP) is -1.21. The Bertz CT molecular complexity index is 526. The lowest BCUT2D eigenvalue weighted by atomic mass is 10.4. The van der Waals surface area contributed by atoms with E-state index in [2.05, 4.69) is 20.5 Å². The molecular weight excluding hydrogens is 272 g/mol. The van der Waals surface area contributed by atoms with Gasteiger partial charge in [0.2, 0.25) is 21.8 Å². The second kappa shape index (κ2) is 6.48. The first-order valence-electron chi connectivity index (χ1n) is 5.75. The van der Waals surface area contributed by atoms with Crippen molar-refractivity contribution in [2.45, 2.75) is 13.3 Å². The SMILES string of the molecule is CCN(CCCNC(=O)c1nc(N)n[nH]1)S(C)(=O)=O. The molecule has 10 heteroatoms. The van der Waals surface area contributed by atoms with E-state index in [-0.39, 0.29) is 11.8 Å². The molecule has 0 radical (unpaired) electrons. The molecule has 0 aromatic carbocycles. The van der Waals surface area contributed by atoms with Crippen LogP contribution in [0.1, 0.15) is 24.0 Å². The number of anilines is 1. The summed E-state index contributed by atoms with van der Waals surface area (Å²) in [7, 11) is -3.19. The van der Waals surface area contributed by atoms with Crippen molar-refractivity contribution >= 4 is 21.9 Å². The minimum Gasteiger partial charge on any atom is -0.366 e. The van der Waals surface area contributed by atoms with Crippen LogP contribution in [0.2, 0.25) is 0 Å². The number of amides is 1. The van der Waals surface area contributed by atoms with Gasteiger partial charge in [0, 0.05) is 19.6 Å². The number of hydrogen-bond donors (Lipinski definition) is 3. The van der Waals surface area contributed by atoms with Gasteiger partial charge in [-0.3, -0.25) is 9.89 Å². The molecule has 1 aromatic heterocycles. The summed E-state index contributed by atoms with van der Waals surface area (Å²) >= 11 is 0. The lowest BCUT2D eigenvalue weighted by Crippen LogP contribution is -2.33. The number of nitrogen functional groups attached to an aromatic ring is 1. The van der Waals surface area contributed by atoms with E-state index in [1.165, 1.54) is 4.31 Å². The van der Waals surface area contributed by atoms with E-state index in [9.17, 15) is 13.2 Å². The minimum atomic E-state index is -3.19. The molecule has 0 spiro atoms. The molecule has 1 aromatic rings. The first-order valence-corrected chi connectivity index (χ1v) is 7.60. The number of aromatic amines is 1. The molecule has 1 amide bonds. The highest BCUT2D eigenvalue weighted by Gasteiger charge is 2.14. The van der Waals surface area contributed by atoms with Gasteiger partial charge in [-0.1, -0.05) is 6.92 Å². The van der Waals surface area contributed by atoms with Crippen LogP contribution in [-0.2, 0) is 10.0 Å². The quantitative estimate of drug-likeness (QED) is 0.539. The Balaban J connectivity index is 2.33. The first kappa shape index (κ1) is 15.4. The van der Waals surface area contributed by atoms with Crippen molar-refractivity contribution < 1.29 is 13.2 Å². The number of sulfonamides is 1. The molecule has 1 rings (SSSR count). The summed E-state index contributed by atoms with van der Waals surface area (Å²) in [5.74, 6) is -0.390. The molecule has 0 unspecified atom stereocenters. The summed E-state index contributed by atoms with van der Waals surface area (Å²) in [4.78, 5) is 15.2.